The summed E-state index contributed by atoms with van der Waals surface area (Å²) in [6.07, 6.45) is 15.7. The van der Waals surface area contributed by atoms with Gasteiger partial charge >= 0.3 is 5.97 Å². The third kappa shape index (κ3) is 16.4. The molecule has 0 spiro atoms. The number of sulfonamides is 1. The number of nitrogens with one attached hydrogen (secondary N) is 1. The van der Waals surface area contributed by atoms with Crippen LogP contribution < -0.4 is 9.46 Å². The summed E-state index contributed by atoms with van der Waals surface area (Å²) in [5.41, 5.74) is 0.901. The van der Waals surface area contributed by atoms with Gasteiger partial charge in [0, 0.05) is 12.6 Å². The van der Waals surface area contributed by atoms with Crippen LogP contribution >= 0.6 is 0 Å². The van der Waals surface area contributed by atoms with Gasteiger partial charge in [0.2, 0.25) is 10.0 Å². The number of ether oxygens (including phenoxy) is 2. The van der Waals surface area contributed by atoms with Crippen molar-refractivity contribution in [3.63, 3.8) is 0 Å². The third-order valence-electron chi connectivity index (χ3n) is 5.43. The highest BCUT2D eigenvalue weighted by molar-refractivity contribution is 7.89. The summed E-state index contributed by atoms with van der Waals surface area (Å²) in [7, 11) is -1.55. The van der Waals surface area contributed by atoms with Crippen molar-refractivity contribution in [2.24, 2.45) is 0 Å². The normalized spacial score (nSPS) is 11.7. The molecule has 0 aliphatic carbocycles. The Morgan fingerprint density at radius 3 is 2.15 bits per heavy atom. The van der Waals surface area contributed by atoms with Crippen molar-refractivity contribution < 1.29 is 22.7 Å². The predicted octanol–water partition coefficient (Wildman–Crippen LogP) is 5.87. The van der Waals surface area contributed by atoms with E-state index in [9.17, 15) is 13.2 Å². The molecular formula is C26H43NO5S. The summed E-state index contributed by atoms with van der Waals surface area (Å²) in [6, 6.07) is 7.40. The summed E-state index contributed by atoms with van der Waals surface area (Å²) in [6.45, 7) is 3.06. The molecule has 0 saturated carbocycles. The Bertz CT molecular complexity index is 759. The lowest BCUT2D eigenvalue weighted by Crippen LogP contribution is -2.27. The molecule has 0 saturated heterocycles. The molecular weight excluding hydrogens is 438 g/mol. The van der Waals surface area contributed by atoms with Gasteiger partial charge in [0.1, 0.15) is 5.75 Å². The van der Waals surface area contributed by atoms with Crippen LogP contribution in [0.25, 0.3) is 6.08 Å². The lowest BCUT2D eigenvalue weighted by atomic mass is 10.1. The molecule has 0 atom stereocenters. The van der Waals surface area contributed by atoms with Crippen molar-refractivity contribution in [2.45, 2.75) is 84.0 Å². The molecule has 0 radical (unpaired) electrons. The number of carbonyl (C=O) groups is 1. The topological polar surface area (TPSA) is 81.7 Å². The SMILES string of the molecule is CCCCCCCCCCS(=O)(=O)NCCCCCCOC(=O)C=Cc1ccc(OC)cc1. The highest BCUT2D eigenvalue weighted by Crippen LogP contribution is 2.12. The van der Waals surface area contributed by atoms with E-state index in [-0.39, 0.29) is 11.7 Å². The second kappa shape index (κ2) is 18.6. The van der Waals surface area contributed by atoms with Crippen molar-refractivity contribution >= 4 is 22.1 Å². The molecule has 0 heterocycles. The minimum absolute atomic E-state index is 0.224. The van der Waals surface area contributed by atoms with Crippen molar-refractivity contribution in [1.29, 1.82) is 0 Å². The minimum atomic E-state index is -3.16. The van der Waals surface area contributed by atoms with Crippen LogP contribution in [0.2, 0.25) is 0 Å². The number of unbranched alkanes of at least 4 members (excludes halogenated alkanes) is 10. The maximum atomic E-state index is 12.0. The Kier molecular flexibility index (Phi) is 16.4. The molecule has 1 aromatic rings. The van der Waals surface area contributed by atoms with Gasteiger partial charge in [-0.2, -0.15) is 0 Å². The van der Waals surface area contributed by atoms with Crippen LogP contribution in [-0.2, 0) is 19.6 Å². The summed E-state index contributed by atoms with van der Waals surface area (Å²) < 4.78 is 37.1. The minimum Gasteiger partial charge on any atom is -0.497 e. The Morgan fingerprint density at radius 2 is 1.48 bits per heavy atom. The summed E-state index contributed by atoms with van der Waals surface area (Å²) >= 11 is 0. The number of esters is 1. The van der Waals surface area contributed by atoms with E-state index in [0.29, 0.717) is 13.2 Å². The van der Waals surface area contributed by atoms with E-state index < -0.39 is 10.0 Å². The smallest absolute Gasteiger partial charge is 0.330 e. The molecule has 0 fully saturated rings. The molecule has 0 aliphatic heterocycles. The zero-order chi connectivity index (χ0) is 24.2. The molecule has 33 heavy (non-hydrogen) atoms. The summed E-state index contributed by atoms with van der Waals surface area (Å²) in [5, 5.41) is 0. The fourth-order valence-electron chi connectivity index (χ4n) is 3.41. The fraction of sp³-hybridized carbons (Fsp3) is 0.654. The van der Waals surface area contributed by atoms with Crippen LogP contribution in [0.5, 0.6) is 5.75 Å². The first-order chi connectivity index (χ1) is 16.0. The molecule has 0 aliphatic rings. The quantitative estimate of drug-likeness (QED) is 0.143. The van der Waals surface area contributed by atoms with Gasteiger partial charge in [0.15, 0.2) is 0 Å². The molecule has 0 bridgehead atoms. The Hall–Kier alpha value is -1.86. The second-order valence-corrected chi connectivity index (χ2v) is 10.3. The van der Waals surface area contributed by atoms with Crippen molar-refractivity contribution in [2.75, 3.05) is 26.0 Å². The van der Waals surface area contributed by atoms with Gasteiger partial charge in [-0.05, 0) is 43.0 Å². The number of hydrogen-bond acceptors (Lipinski definition) is 5. The number of methoxy groups -OCH3 is 1. The summed E-state index contributed by atoms with van der Waals surface area (Å²) in [4.78, 5) is 11.8. The highest BCUT2D eigenvalue weighted by atomic mass is 32.2. The van der Waals surface area contributed by atoms with Crippen LogP contribution in [0.15, 0.2) is 30.3 Å². The molecule has 1 rings (SSSR count). The van der Waals surface area contributed by atoms with Crippen LogP contribution in [0.4, 0.5) is 0 Å². The van der Waals surface area contributed by atoms with Crippen LogP contribution in [0.3, 0.4) is 0 Å². The average Bonchev–Trinajstić information content (AvgIpc) is 2.81. The van der Waals surface area contributed by atoms with Crippen LogP contribution in [-0.4, -0.2) is 40.4 Å². The summed E-state index contributed by atoms with van der Waals surface area (Å²) in [5.74, 6) is 0.632. The number of carbonyl (C=O) groups excluding carboxylic acids is 1. The zero-order valence-corrected chi connectivity index (χ0v) is 21.3. The molecule has 0 amide bonds. The largest absolute Gasteiger partial charge is 0.497 e. The van der Waals surface area contributed by atoms with Crippen LogP contribution in [0.1, 0.15) is 89.5 Å². The van der Waals surface area contributed by atoms with E-state index in [1.807, 2.05) is 24.3 Å². The van der Waals surface area contributed by atoms with Gasteiger partial charge in [0.05, 0.1) is 19.5 Å². The maximum Gasteiger partial charge on any atom is 0.330 e. The van der Waals surface area contributed by atoms with E-state index >= 15 is 0 Å². The zero-order valence-electron chi connectivity index (χ0n) is 20.5. The molecule has 6 nitrogen and oxygen atoms in total. The van der Waals surface area contributed by atoms with E-state index in [4.69, 9.17) is 9.47 Å². The van der Waals surface area contributed by atoms with Crippen molar-refractivity contribution in [3.05, 3.63) is 35.9 Å². The molecule has 1 aromatic carbocycles. The van der Waals surface area contributed by atoms with Gasteiger partial charge in [-0.3, -0.25) is 0 Å². The Labute approximate surface area is 201 Å². The first-order valence-electron chi connectivity index (χ1n) is 12.4. The monoisotopic (exact) mass is 481 g/mol. The van der Waals surface area contributed by atoms with E-state index in [1.165, 1.54) is 38.2 Å². The third-order valence-corrected chi connectivity index (χ3v) is 6.90. The predicted molar refractivity (Wildman–Crippen MR) is 136 cm³/mol. The second-order valence-electron chi connectivity index (χ2n) is 8.38. The van der Waals surface area contributed by atoms with Gasteiger partial charge < -0.3 is 9.47 Å². The van der Waals surface area contributed by atoms with Gasteiger partial charge in [-0.25, -0.2) is 17.9 Å². The Balaban J connectivity index is 1.98. The Morgan fingerprint density at radius 1 is 0.879 bits per heavy atom. The maximum absolute atomic E-state index is 12.0. The van der Waals surface area contributed by atoms with Gasteiger partial charge in [-0.15, -0.1) is 0 Å². The first kappa shape index (κ1) is 29.2. The highest BCUT2D eigenvalue weighted by Gasteiger charge is 2.08. The van der Waals surface area contributed by atoms with E-state index in [1.54, 1.807) is 13.2 Å². The molecule has 7 heteroatoms. The fourth-order valence-corrected chi connectivity index (χ4v) is 4.59. The molecule has 188 valence electrons. The van der Waals surface area contributed by atoms with Crippen molar-refractivity contribution in [1.82, 2.24) is 4.72 Å². The van der Waals surface area contributed by atoms with Gasteiger partial charge in [0.25, 0.3) is 0 Å². The van der Waals surface area contributed by atoms with Crippen LogP contribution in [0, 0.1) is 0 Å². The standard InChI is InChI=1S/C26H43NO5S/c1-3-4-5-6-7-8-11-14-23-33(29,30)27-21-12-9-10-13-22-32-26(28)20-17-24-15-18-25(31-2)19-16-24/h15-20,27H,3-14,21-23H2,1-2H3. The van der Waals surface area contributed by atoms with Gasteiger partial charge in [-0.1, -0.05) is 76.8 Å². The number of hydrogen-bond donors (Lipinski definition) is 1. The lowest BCUT2D eigenvalue weighted by molar-refractivity contribution is -0.137. The lowest BCUT2D eigenvalue weighted by Gasteiger charge is -2.07. The molecule has 0 unspecified atom stereocenters. The molecule has 1 N–H and O–H groups in total. The first-order valence-corrected chi connectivity index (χ1v) is 14.1. The number of rotatable bonds is 20. The van der Waals surface area contributed by atoms with Crippen molar-refractivity contribution in [3.8, 4) is 5.75 Å². The van der Waals surface area contributed by atoms with E-state index in [2.05, 4.69) is 11.6 Å². The molecule has 0 aromatic heterocycles. The van der Waals surface area contributed by atoms with E-state index in [0.717, 1.165) is 56.3 Å². The number of benzene rings is 1. The average molecular weight is 482 g/mol.